The van der Waals surface area contributed by atoms with Gasteiger partial charge in [0.05, 0.1) is 24.4 Å². The average molecular weight is 390 g/mol. The van der Waals surface area contributed by atoms with Crippen LogP contribution in [0, 0.1) is 5.92 Å². The maximum Gasteiger partial charge on any atom is 0.243 e. The minimum atomic E-state index is -0.329. The van der Waals surface area contributed by atoms with Crippen LogP contribution in [-0.4, -0.2) is 47.0 Å². The molecule has 8 nitrogen and oxygen atoms in total. The fourth-order valence-corrected chi connectivity index (χ4v) is 3.80. The van der Waals surface area contributed by atoms with Crippen LogP contribution in [-0.2, 0) is 6.54 Å². The third kappa shape index (κ3) is 3.58. The zero-order valence-electron chi connectivity index (χ0n) is 16.1. The molecular formula is C21H22N6O2. The molecule has 1 saturated carbocycles. The van der Waals surface area contributed by atoms with E-state index in [1.54, 1.807) is 6.20 Å². The van der Waals surface area contributed by atoms with Gasteiger partial charge in [0.2, 0.25) is 5.88 Å². The quantitative estimate of drug-likeness (QED) is 0.543. The normalized spacial score (nSPS) is 21.7. The molecule has 0 bridgehead atoms. The highest BCUT2D eigenvalue weighted by atomic mass is 16.5. The number of fused-ring (bicyclic) bond motifs is 1. The maximum atomic E-state index is 9.98. The molecule has 0 radical (unpaired) electrons. The summed E-state index contributed by atoms with van der Waals surface area (Å²) in [7, 11) is 0. The van der Waals surface area contributed by atoms with E-state index in [-0.39, 0.29) is 18.1 Å². The number of aliphatic hydroxyl groups is 1. The molecule has 1 aliphatic rings. The number of hydrogen-bond donors (Lipinski definition) is 2. The second-order valence-electron chi connectivity index (χ2n) is 7.63. The number of H-pyrrole nitrogens is 1. The van der Waals surface area contributed by atoms with Gasteiger partial charge < -0.3 is 14.8 Å². The molecule has 5 rings (SSSR count). The van der Waals surface area contributed by atoms with E-state index < -0.39 is 0 Å². The third-order valence-corrected chi connectivity index (χ3v) is 5.42. The Labute approximate surface area is 167 Å². The predicted molar refractivity (Wildman–Crippen MR) is 107 cm³/mol. The SMILES string of the molecule is C[C@H]1C[C@@H](Oc2ncnc3nc(-c4cnn(Cc5ccccc5)c4)[nH]c23)C[C@@H]1O. The lowest BCUT2D eigenvalue weighted by molar-refractivity contribution is 0.129. The summed E-state index contributed by atoms with van der Waals surface area (Å²) in [6, 6.07) is 10.2. The molecule has 0 unspecified atom stereocenters. The summed E-state index contributed by atoms with van der Waals surface area (Å²) < 4.78 is 7.94. The molecule has 0 amide bonds. The van der Waals surface area contributed by atoms with Crippen LogP contribution in [0.5, 0.6) is 5.88 Å². The molecule has 29 heavy (non-hydrogen) atoms. The number of ether oxygens (including phenoxy) is 1. The first-order chi connectivity index (χ1) is 14.2. The van der Waals surface area contributed by atoms with E-state index in [2.05, 4.69) is 37.2 Å². The van der Waals surface area contributed by atoms with Crippen LogP contribution < -0.4 is 4.74 Å². The number of imidazole rings is 1. The van der Waals surface area contributed by atoms with Gasteiger partial charge in [0.1, 0.15) is 23.8 Å². The molecule has 3 atom stereocenters. The molecule has 1 aliphatic carbocycles. The summed E-state index contributed by atoms with van der Waals surface area (Å²) in [5.74, 6) is 1.37. The summed E-state index contributed by atoms with van der Waals surface area (Å²) in [4.78, 5) is 16.4. The predicted octanol–water partition coefficient (Wildman–Crippen LogP) is 2.80. The van der Waals surface area contributed by atoms with Crippen LogP contribution in [0.15, 0.2) is 49.1 Å². The third-order valence-electron chi connectivity index (χ3n) is 5.42. The van der Waals surface area contributed by atoms with Gasteiger partial charge in [-0.3, -0.25) is 4.68 Å². The molecule has 4 aromatic rings. The van der Waals surface area contributed by atoms with Crippen molar-refractivity contribution in [2.75, 3.05) is 0 Å². The Morgan fingerprint density at radius 2 is 2.07 bits per heavy atom. The lowest BCUT2D eigenvalue weighted by Gasteiger charge is -2.12. The van der Waals surface area contributed by atoms with Crippen molar-refractivity contribution in [1.29, 1.82) is 0 Å². The van der Waals surface area contributed by atoms with Gasteiger partial charge in [0.15, 0.2) is 5.65 Å². The highest BCUT2D eigenvalue weighted by Crippen LogP contribution is 2.31. The van der Waals surface area contributed by atoms with Crippen molar-refractivity contribution < 1.29 is 9.84 Å². The highest BCUT2D eigenvalue weighted by molar-refractivity contribution is 5.79. The molecule has 8 heteroatoms. The first kappa shape index (κ1) is 17.8. The summed E-state index contributed by atoms with van der Waals surface area (Å²) in [6.07, 6.45) is 6.22. The summed E-state index contributed by atoms with van der Waals surface area (Å²) in [5, 5.41) is 14.4. The zero-order valence-corrected chi connectivity index (χ0v) is 16.1. The van der Waals surface area contributed by atoms with Gasteiger partial charge in [-0.1, -0.05) is 37.3 Å². The smallest absolute Gasteiger partial charge is 0.243 e. The van der Waals surface area contributed by atoms with E-state index in [1.165, 1.54) is 11.9 Å². The Morgan fingerprint density at radius 3 is 2.86 bits per heavy atom. The van der Waals surface area contributed by atoms with Crippen molar-refractivity contribution in [3.63, 3.8) is 0 Å². The Bertz CT molecular complexity index is 1110. The summed E-state index contributed by atoms with van der Waals surface area (Å²) >= 11 is 0. The standard InChI is InChI=1S/C21H22N6O2/c1-13-7-16(8-17(13)28)29-21-18-20(22-12-23-21)26-19(25-18)15-9-24-27(11-15)10-14-5-3-2-4-6-14/h2-6,9,11-13,16-17,28H,7-8,10H2,1H3,(H,22,23,25,26)/t13-,16+,17-/m0/s1. The van der Waals surface area contributed by atoms with Crippen LogP contribution in [0.3, 0.4) is 0 Å². The largest absolute Gasteiger partial charge is 0.473 e. The molecule has 1 fully saturated rings. The van der Waals surface area contributed by atoms with Crippen molar-refractivity contribution in [3.8, 4) is 17.3 Å². The maximum absolute atomic E-state index is 9.98. The van der Waals surface area contributed by atoms with Crippen LogP contribution in [0.1, 0.15) is 25.3 Å². The van der Waals surface area contributed by atoms with E-state index in [0.717, 1.165) is 12.0 Å². The van der Waals surface area contributed by atoms with Gasteiger partial charge >= 0.3 is 0 Å². The van der Waals surface area contributed by atoms with E-state index in [0.29, 0.717) is 35.8 Å². The minimum absolute atomic E-state index is 0.0570. The average Bonchev–Trinajstić information content (AvgIpc) is 3.42. The van der Waals surface area contributed by atoms with Gasteiger partial charge in [-0.25, -0.2) is 9.97 Å². The van der Waals surface area contributed by atoms with Crippen LogP contribution in [0.4, 0.5) is 0 Å². The van der Waals surface area contributed by atoms with E-state index >= 15 is 0 Å². The van der Waals surface area contributed by atoms with Gasteiger partial charge in [0, 0.05) is 12.6 Å². The Balaban J connectivity index is 1.39. The Hall–Kier alpha value is -3.26. The first-order valence-electron chi connectivity index (χ1n) is 9.78. The van der Waals surface area contributed by atoms with Gasteiger partial charge in [-0.05, 0) is 17.9 Å². The Kier molecular flexibility index (Phi) is 4.48. The van der Waals surface area contributed by atoms with Crippen LogP contribution >= 0.6 is 0 Å². The van der Waals surface area contributed by atoms with E-state index in [4.69, 9.17) is 4.74 Å². The van der Waals surface area contributed by atoms with Crippen LogP contribution in [0.2, 0.25) is 0 Å². The number of nitrogens with zero attached hydrogens (tertiary/aromatic N) is 5. The second kappa shape index (κ2) is 7.29. The lowest BCUT2D eigenvalue weighted by Crippen LogP contribution is -2.14. The fraction of sp³-hybridized carbons (Fsp3) is 0.333. The Morgan fingerprint density at radius 1 is 1.21 bits per heavy atom. The highest BCUT2D eigenvalue weighted by Gasteiger charge is 2.32. The summed E-state index contributed by atoms with van der Waals surface area (Å²) in [5.41, 5.74) is 3.26. The molecule has 3 aromatic heterocycles. The topological polar surface area (TPSA) is 102 Å². The van der Waals surface area contributed by atoms with Gasteiger partial charge in [0.25, 0.3) is 0 Å². The number of aliphatic hydroxyl groups excluding tert-OH is 1. The van der Waals surface area contributed by atoms with Crippen molar-refractivity contribution in [2.24, 2.45) is 5.92 Å². The molecule has 0 saturated heterocycles. The van der Waals surface area contributed by atoms with Crippen molar-refractivity contribution in [3.05, 3.63) is 54.6 Å². The molecular weight excluding hydrogens is 368 g/mol. The lowest BCUT2D eigenvalue weighted by atomic mass is 10.1. The summed E-state index contributed by atoms with van der Waals surface area (Å²) in [6.45, 7) is 2.72. The molecule has 0 aliphatic heterocycles. The van der Waals surface area contributed by atoms with Gasteiger partial charge in [-0.2, -0.15) is 10.1 Å². The van der Waals surface area contributed by atoms with Gasteiger partial charge in [-0.15, -0.1) is 0 Å². The molecule has 2 N–H and O–H groups in total. The molecule has 3 heterocycles. The van der Waals surface area contributed by atoms with E-state index in [9.17, 15) is 5.11 Å². The number of rotatable bonds is 5. The number of aromatic amines is 1. The van der Waals surface area contributed by atoms with Crippen LogP contribution in [0.25, 0.3) is 22.6 Å². The number of aromatic nitrogens is 6. The second-order valence-corrected chi connectivity index (χ2v) is 7.63. The first-order valence-corrected chi connectivity index (χ1v) is 9.78. The van der Waals surface area contributed by atoms with Crippen molar-refractivity contribution in [1.82, 2.24) is 29.7 Å². The molecule has 148 valence electrons. The number of benzene rings is 1. The molecule has 0 spiro atoms. The fourth-order valence-electron chi connectivity index (χ4n) is 3.80. The monoisotopic (exact) mass is 390 g/mol. The zero-order chi connectivity index (χ0) is 19.8. The molecule has 1 aromatic carbocycles. The van der Waals surface area contributed by atoms with Crippen molar-refractivity contribution >= 4 is 11.2 Å². The van der Waals surface area contributed by atoms with Crippen molar-refractivity contribution in [2.45, 2.75) is 38.5 Å². The minimum Gasteiger partial charge on any atom is -0.473 e. The number of hydrogen-bond acceptors (Lipinski definition) is 6. The number of nitrogens with one attached hydrogen (secondary N) is 1. The van der Waals surface area contributed by atoms with E-state index in [1.807, 2.05) is 36.0 Å².